The van der Waals surface area contributed by atoms with Gasteiger partial charge in [0.05, 0.1) is 30.1 Å². The molecule has 4 nitrogen and oxygen atoms in total. The standard InChI is InChI=1S/C15H20ClN3O/c1-5-17-14(15-12(16)9-18-19(15)3)11-7-6-10(2)13(8-11)20-4/h6-9,14,17H,5H2,1-4H3. The van der Waals surface area contributed by atoms with Crippen molar-refractivity contribution in [1.82, 2.24) is 15.1 Å². The predicted molar refractivity (Wildman–Crippen MR) is 81.5 cm³/mol. The van der Waals surface area contributed by atoms with E-state index in [0.717, 1.165) is 29.1 Å². The van der Waals surface area contributed by atoms with Crippen molar-refractivity contribution in [2.45, 2.75) is 19.9 Å². The van der Waals surface area contributed by atoms with E-state index in [1.54, 1.807) is 13.3 Å². The van der Waals surface area contributed by atoms with E-state index in [0.29, 0.717) is 5.02 Å². The van der Waals surface area contributed by atoms with E-state index in [4.69, 9.17) is 16.3 Å². The lowest BCUT2D eigenvalue weighted by Gasteiger charge is -2.20. The van der Waals surface area contributed by atoms with Crippen LogP contribution in [0.25, 0.3) is 0 Å². The largest absolute Gasteiger partial charge is 0.496 e. The third kappa shape index (κ3) is 2.81. The van der Waals surface area contributed by atoms with Crippen LogP contribution in [0.15, 0.2) is 24.4 Å². The molecule has 0 bridgehead atoms. The van der Waals surface area contributed by atoms with Crippen LogP contribution in [0, 0.1) is 6.92 Å². The minimum absolute atomic E-state index is 0.00509. The Morgan fingerprint density at radius 1 is 1.45 bits per heavy atom. The van der Waals surface area contributed by atoms with Crippen molar-refractivity contribution in [1.29, 1.82) is 0 Å². The Morgan fingerprint density at radius 2 is 2.20 bits per heavy atom. The number of hydrogen-bond donors (Lipinski definition) is 1. The fourth-order valence-electron chi connectivity index (χ4n) is 2.34. The molecule has 2 aromatic rings. The molecule has 0 aliphatic carbocycles. The summed E-state index contributed by atoms with van der Waals surface area (Å²) < 4.78 is 7.22. The molecular weight excluding hydrogens is 274 g/mol. The topological polar surface area (TPSA) is 39.1 Å². The third-order valence-electron chi connectivity index (χ3n) is 3.38. The summed E-state index contributed by atoms with van der Waals surface area (Å²) in [6, 6.07) is 6.19. The van der Waals surface area contributed by atoms with Crippen molar-refractivity contribution < 1.29 is 4.74 Å². The average molecular weight is 294 g/mol. The number of aromatic nitrogens is 2. The Kier molecular flexibility index (Phi) is 4.68. The van der Waals surface area contributed by atoms with E-state index in [-0.39, 0.29) is 6.04 Å². The highest BCUT2D eigenvalue weighted by molar-refractivity contribution is 6.31. The maximum atomic E-state index is 6.28. The number of halogens is 1. The van der Waals surface area contributed by atoms with Gasteiger partial charge in [-0.15, -0.1) is 0 Å². The summed E-state index contributed by atoms with van der Waals surface area (Å²) >= 11 is 6.28. The zero-order valence-corrected chi connectivity index (χ0v) is 13.0. The molecule has 1 atom stereocenters. The SMILES string of the molecule is CCNC(c1ccc(C)c(OC)c1)c1c(Cl)cnn1C. The molecule has 1 unspecified atom stereocenters. The van der Waals surface area contributed by atoms with Gasteiger partial charge in [-0.3, -0.25) is 4.68 Å². The highest BCUT2D eigenvalue weighted by Gasteiger charge is 2.21. The first-order chi connectivity index (χ1) is 9.58. The van der Waals surface area contributed by atoms with Gasteiger partial charge in [-0.1, -0.05) is 30.7 Å². The fourth-order valence-corrected chi connectivity index (χ4v) is 2.61. The Bertz CT molecular complexity index is 575. The Hall–Kier alpha value is -1.52. The molecule has 1 aromatic heterocycles. The summed E-state index contributed by atoms with van der Waals surface area (Å²) in [6.07, 6.45) is 1.67. The number of benzene rings is 1. The van der Waals surface area contributed by atoms with Gasteiger partial charge in [0.15, 0.2) is 0 Å². The smallest absolute Gasteiger partial charge is 0.122 e. The highest BCUT2D eigenvalue weighted by atomic mass is 35.5. The number of aryl methyl sites for hydroxylation is 2. The molecule has 0 amide bonds. The summed E-state index contributed by atoms with van der Waals surface area (Å²) in [5.41, 5.74) is 3.18. The van der Waals surface area contributed by atoms with Crippen molar-refractivity contribution >= 4 is 11.6 Å². The summed E-state index contributed by atoms with van der Waals surface area (Å²) in [7, 11) is 3.59. The van der Waals surface area contributed by atoms with Crippen LogP contribution in [-0.4, -0.2) is 23.4 Å². The van der Waals surface area contributed by atoms with Crippen molar-refractivity contribution in [3.8, 4) is 5.75 Å². The minimum atomic E-state index is -0.00509. The zero-order chi connectivity index (χ0) is 14.7. The first-order valence-corrected chi connectivity index (χ1v) is 7.01. The number of nitrogens with zero attached hydrogens (tertiary/aromatic N) is 2. The van der Waals surface area contributed by atoms with Crippen molar-refractivity contribution in [3.63, 3.8) is 0 Å². The van der Waals surface area contributed by atoms with Gasteiger partial charge in [-0.2, -0.15) is 5.10 Å². The molecule has 0 aliphatic heterocycles. The lowest BCUT2D eigenvalue weighted by molar-refractivity contribution is 0.410. The van der Waals surface area contributed by atoms with Gasteiger partial charge in [0.25, 0.3) is 0 Å². The number of ether oxygens (including phenoxy) is 1. The van der Waals surface area contributed by atoms with Crippen LogP contribution in [0.3, 0.4) is 0 Å². The molecule has 0 fully saturated rings. The van der Waals surface area contributed by atoms with Crippen LogP contribution >= 0.6 is 11.6 Å². The number of hydrogen-bond acceptors (Lipinski definition) is 3. The quantitative estimate of drug-likeness (QED) is 0.921. The Labute approximate surface area is 124 Å². The maximum absolute atomic E-state index is 6.28. The number of methoxy groups -OCH3 is 1. The second-order valence-corrected chi connectivity index (χ2v) is 5.13. The fraction of sp³-hybridized carbons (Fsp3) is 0.400. The molecule has 2 rings (SSSR count). The second kappa shape index (κ2) is 6.29. The van der Waals surface area contributed by atoms with Gasteiger partial charge in [0.1, 0.15) is 5.75 Å². The number of rotatable bonds is 5. The van der Waals surface area contributed by atoms with Crippen LogP contribution in [-0.2, 0) is 7.05 Å². The summed E-state index contributed by atoms with van der Waals surface area (Å²) in [6.45, 7) is 4.94. The normalized spacial score (nSPS) is 12.4. The lowest BCUT2D eigenvalue weighted by Crippen LogP contribution is -2.24. The molecule has 0 aliphatic rings. The molecule has 0 radical (unpaired) electrons. The first kappa shape index (κ1) is 14.9. The molecule has 5 heteroatoms. The second-order valence-electron chi connectivity index (χ2n) is 4.72. The molecule has 0 saturated carbocycles. The molecule has 0 spiro atoms. The molecule has 0 saturated heterocycles. The summed E-state index contributed by atoms with van der Waals surface area (Å²) in [5, 5.41) is 8.34. The first-order valence-electron chi connectivity index (χ1n) is 6.63. The van der Waals surface area contributed by atoms with E-state index >= 15 is 0 Å². The summed E-state index contributed by atoms with van der Waals surface area (Å²) in [5.74, 6) is 0.878. The predicted octanol–water partition coefficient (Wildman–Crippen LogP) is 3.09. The van der Waals surface area contributed by atoms with E-state index in [1.807, 2.05) is 24.7 Å². The van der Waals surface area contributed by atoms with Crippen molar-refractivity contribution in [2.75, 3.05) is 13.7 Å². The van der Waals surface area contributed by atoms with Crippen LogP contribution in [0.5, 0.6) is 5.75 Å². The van der Waals surface area contributed by atoms with Gasteiger partial charge in [-0.05, 0) is 30.7 Å². The van der Waals surface area contributed by atoms with Crippen LogP contribution in [0.4, 0.5) is 0 Å². The summed E-state index contributed by atoms with van der Waals surface area (Å²) in [4.78, 5) is 0. The molecule has 1 N–H and O–H groups in total. The average Bonchev–Trinajstić information content (AvgIpc) is 2.77. The van der Waals surface area contributed by atoms with E-state index in [1.165, 1.54) is 0 Å². The third-order valence-corrected chi connectivity index (χ3v) is 3.68. The zero-order valence-electron chi connectivity index (χ0n) is 12.3. The molecule has 1 heterocycles. The maximum Gasteiger partial charge on any atom is 0.122 e. The minimum Gasteiger partial charge on any atom is -0.496 e. The molecule has 108 valence electrons. The Morgan fingerprint density at radius 3 is 2.75 bits per heavy atom. The van der Waals surface area contributed by atoms with Gasteiger partial charge in [0.2, 0.25) is 0 Å². The van der Waals surface area contributed by atoms with Crippen molar-refractivity contribution in [3.05, 3.63) is 46.2 Å². The van der Waals surface area contributed by atoms with Gasteiger partial charge >= 0.3 is 0 Å². The van der Waals surface area contributed by atoms with E-state index < -0.39 is 0 Å². The molecular formula is C15H20ClN3O. The van der Waals surface area contributed by atoms with E-state index in [2.05, 4.69) is 29.5 Å². The van der Waals surface area contributed by atoms with Crippen molar-refractivity contribution in [2.24, 2.45) is 7.05 Å². The van der Waals surface area contributed by atoms with Crippen LogP contribution < -0.4 is 10.1 Å². The van der Waals surface area contributed by atoms with Gasteiger partial charge in [0, 0.05) is 7.05 Å². The van der Waals surface area contributed by atoms with Gasteiger partial charge in [-0.25, -0.2) is 0 Å². The molecule has 20 heavy (non-hydrogen) atoms. The number of nitrogens with one attached hydrogen (secondary N) is 1. The lowest BCUT2D eigenvalue weighted by atomic mass is 10.0. The van der Waals surface area contributed by atoms with Crippen LogP contribution in [0.2, 0.25) is 5.02 Å². The Balaban J connectivity index is 2.48. The van der Waals surface area contributed by atoms with Crippen LogP contribution in [0.1, 0.15) is 29.8 Å². The monoisotopic (exact) mass is 293 g/mol. The highest BCUT2D eigenvalue weighted by Crippen LogP contribution is 2.30. The van der Waals surface area contributed by atoms with E-state index in [9.17, 15) is 0 Å². The molecule has 1 aromatic carbocycles. The van der Waals surface area contributed by atoms with Gasteiger partial charge < -0.3 is 10.1 Å².